The van der Waals surface area contributed by atoms with E-state index in [1.807, 2.05) is 0 Å². The lowest BCUT2D eigenvalue weighted by Crippen LogP contribution is -2.58. The van der Waals surface area contributed by atoms with E-state index in [0.717, 1.165) is 7.05 Å². The van der Waals surface area contributed by atoms with Crippen molar-refractivity contribution in [3.8, 4) is 0 Å². The summed E-state index contributed by atoms with van der Waals surface area (Å²) in [4.78, 5) is 12.2. The van der Waals surface area contributed by atoms with Crippen LogP contribution in [0.2, 0.25) is 0 Å². The summed E-state index contributed by atoms with van der Waals surface area (Å²) in [6, 6.07) is -2.00. The van der Waals surface area contributed by atoms with Crippen LogP contribution in [0, 0.1) is 0 Å². The molecule has 1 fully saturated rings. The predicted molar refractivity (Wildman–Crippen MR) is 60.0 cm³/mol. The first-order valence-electron chi connectivity index (χ1n) is 5.68. The predicted octanol–water partition coefficient (Wildman–Crippen LogP) is 2.28. The number of carbonyl (C=O) groups is 1. The van der Waals surface area contributed by atoms with Crippen molar-refractivity contribution in [2.45, 2.75) is 57.0 Å². The lowest BCUT2D eigenvalue weighted by molar-refractivity contribution is -0.185. The molecule has 0 aromatic heterocycles. The summed E-state index contributed by atoms with van der Waals surface area (Å²) in [6.07, 6.45) is -5.06. The van der Waals surface area contributed by atoms with Gasteiger partial charge in [0.2, 0.25) is 0 Å². The minimum atomic E-state index is -4.56. The van der Waals surface area contributed by atoms with E-state index in [2.05, 4.69) is 0 Å². The minimum Gasteiger partial charge on any atom is -0.444 e. The number of hydrogen-bond donors (Lipinski definition) is 1. The zero-order valence-corrected chi connectivity index (χ0v) is 11.0. The Labute approximate surface area is 104 Å². The zero-order valence-electron chi connectivity index (χ0n) is 11.0. The maximum absolute atomic E-state index is 13.0. The molecular formula is C11H19F3N2O2. The third-order valence-electron chi connectivity index (χ3n) is 2.75. The van der Waals surface area contributed by atoms with Gasteiger partial charge in [-0.15, -0.1) is 0 Å². The van der Waals surface area contributed by atoms with Gasteiger partial charge in [-0.05, 0) is 33.6 Å². The molecule has 1 amide bonds. The van der Waals surface area contributed by atoms with Crippen molar-refractivity contribution in [1.82, 2.24) is 4.90 Å². The average molecular weight is 268 g/mol. The first-order valence-corrected chi connectivity index (χ1v) is 5.68. The van der Waals surface area contributed by atoms with E-state index in [1.165, 1.54) is 0 Å². The summed E-state index contributed by atoms with van der Waals surface area (Å²) < 4.78 is 43.8. The number of nitrogens with zero attached hydrogens (tertiary/aromatic N) is 1. The Morgan fingerprint density at radius 2 is 1.78 bits per heavy atom. The van der Waals surface area contributed by atoms with Crippen molar-refractivity contribution in [3.63, 3.8) is 0 Å². The van der Waals surface area contributed by atoms with E-state index in [9.17, 15) is 18.0 Å². The Morgan fingerprint density at radius 1 is 1.33 bits per heavy atom. The molecule has 1 rings (SSSR count). The molecule has 0 aliphatic heterocycles. The molecule has 1 aliphatic carbocycles. The van der Waals surface area contributed by atoms with Crippen LogP contribution in [0.4, 0.5) is 18.0 Å². The maximum atomic E-state index is 13.0. The fraction of sp³-hybridized carbons (Fsp3) is 0.909. The van der Waals surface area contributed by atoms with E-state index in [4.69, 9.17) is 10.5 Å². The molecule has 1 atom stereocenters. The highest BCUT2D eigenvalue weighted by atomic mass is 19.4. The number of likely N-dealkylation sites (N-methyl/N-ethyl adjacent to an activating group) is 1. The summed E-state index contributed by atoms with van der Waals surface area (Å²) in [6.45, 7) is 4.78. The second-order valence-electron chi connectivity index (χ2n) is 5.77. The largest absolute Gasteiger partial charge is 0.444 e. The number of carbonyl (C=O) groups excluding carboxylic acids is 1. The summed E-state index contributed by atoms with van der Waals surface area (Å²) in [7, 11) is 1.07. The number of alkyl halides is 3. The van der Waals surface area contributed by atoms with Crippen molar-refractivity contribution in [3.05, 3.63) is 0 Å². The van der Waals surface area contributed by atoms with E-state index < -0.39 is 29.5 Å². The fourth-order valence-corrected chi connectivity index (χ4v) is 1.79. The van der Waals surface area contributed by atoms with Crippen LogP contribution in [-0.4, -0.2) is 41.4 Å². The first kappa shape index (κ1) is 15.1. The second-order valence-corrected chi connectivity index (χ2v) is 5.77. The standard InChI is InChI=1S/C11H19F3N2O2/c1-9(2,3)18-8(17)16(4)7(11(12,13)14)10(15)5-6-10/h7H,5-6,15H2,1-4H3. The fourth-order valence-electron chi connectivity index (χ4n) is 1.79. The molecule has 7 heteroatoms. The van der Waals surface area contributed by atoms with Gasteiger partial charge in [0.25, 0.3) is 0 Å². The molecule has 0 heterocycles. The second kappa shape index (κ2) is 4.29. The molecule has 0 aromatic rings. The first-order chi connectivity index (χ1) is 7.87. The lowest BCUT2D eigenvalue weighted by atomic mass is 10.1. The number of nitrogens with two attached hydrogens (primary N) is 1. The highest BCUT2D eigenvalue weighted by Gasteiger charge is 2.61. The average Bonchev–Trinajstić information content (AvgIpc) is 2.78. The normalized spacial score (nSPS) is 20.2. The van der Waals surface area contributed by atoms with Gasteiger partial charge in [0, 0.05) is 12.6 Å². The molecular weight excluding hydrogens is 249 g/mol. The molecule has 1 aliphatic rings. The number of rotatable bonds is 2. The van der Waals surface area contributed by atoms with Gasteiger partial charge in [-0.2, -0.15) is 13.2 Å². The zero-order chi connectivity index (χ0) is 14.4. The minimum absolute atomic E-state index is 0.254. The molecule has 4 nitrogen and oxygen atoms in total. The van der Waals surface area contributed by atoms with Gasteiger partial charge < -0.3 is 10.5 Å². The number of amides is 1. The monoisotopic (exact) mass is 268 g/mol. The quantitative estimate of drug-likeness (QED) is 0.836. The van der Waals surface area contributed by atoms with Gasteiger partial charge in [0.05, 0.1) is 0 Å². The highest BCUT2D eigenvalue weighted by Crippen LogP contribution is 2.45. The smallest absolute Gasteiger partial charge is 0.410 e. The number of hydrogen-bond acceptors (Lipinski definition) is 3. The third-order valence-corrected chi connectivity index (χ3v) is 2.75. The molecule has 106 valence electrons. The van der Waals surface area contributed by atoms with E-state index >= 15 is 0 Å². The molecule has 0 radical (unpaired) electrons. The van der Waals surface area contributed by atoms with Crippen LogP contribution in [0.1, 0.15) is 33.6 Å². The van der Waals surface area contributed by atoms with Crippen molar-refractivity contribution in [1.29, 1.82) is 0 Å². The highest BCUT2D eigenvalue weighted by molar-refractivity contribution is 5.68. The number of halogens is 3. The van der Waals surface area contributed by atoms with Gasteiger partial charge >= 0.3 is 12.3 Å². The van der Waals surface area contributed by atoms with Gasteiger partial charge in [0.15, 0.2) is 0 Å². The van der Waals surface area contributed by atoms with Crippen molar-refractivity contribution in [2.24, 2.45) is 5.73 Å². The summed E-state index contributed by atoms with van der Waals surface area (Å²) >= 11 is 0. The summed E-state index contributed by atoms with van der Waals surface area (Å²) in [5.41, 5.74) is 3.40. The Kier molecular flexibility index (Phi) is 3.60. The van der Waals surface area contributed by atoms with Crippen LogP contribution in [0.5, 0.6) is 0 Å². The van der Waals surface area contributed by atoms with Crippen molar-refractivity contribution >= 4 is 6.09 Å². The van der Waals surface area contributed by atoms with Gasteiger partial charge in [-0.25, -0.2) is 4.79 Å². The van der Waals surface area contributed by atoms with Gasteiger partial charge in [0.1, 0.15) is 11.6 Å². The maximum Gasteiger partial charge on any atom is 0.410 e. The van der Waals surface area contributed by atoms with Crippen LogP contribution in [0.3, 0.4) is 0 Å². The third kappa shape index (κ3) is 3.51. The lowest BCUT2D eigenvalue weighted by Gasteiger charge is -2.35. The van der Waals surface area contributed by atoms with Gasteiger partial charge in [-0.1, -0.05) is 0 Å². The molecule has 0 saturated heterocycles. The topological polar surface area (TPSA) is 55.6 Å². The van der Waals surface area contributed by atoms with Crippen LogP contribution in [0.25, 0.3) is 0 Å². The SMILES string of the molecule is CN(C(=O)OC(C)(C)C)C(C(F)(F)F)C1(N)CC1. The van der Waals surface area contributed by atoms with E-state index in [-0.39, 0.29) is 12.8 Å². The molecule has 0 aromatic carbocycles. The summed E-state index contributed by atoms with van der Waals surface area (Å²) in [5, 5.41) is 0. The van der Waals surface area contributed by atoms with Crippen LogP contribution >= 0.6 is 0 Å². The summed E-state index contributed by atoms with van der Waals surface area (Å²) in [5.74, 6) is 0. The Hall–Kier alpha value is -0.980. The Morgan fingerprint density at radius 3 is 2.06 bits per heavy atom. The molecule has 18 heavy (non-hydrogen) atoms. The van der Waals surface area contributed by atoms with Crippen LogP contribution in [0.15, 0.2) is 0 Å². The van der Waals surface area contributed by atoms with E-state index in [1.54, 1.807) is 20.8 Å². The molecule has 2 N–H and O–H groups in total. The Bertz CT molecular complexity index is 327. The van der Waals surface area contributed by atoms with E-state index in [0.29, 0.717) is 4.90 Å². The Balaban J connectivity index is 2.84. The molecule has 0 bridgehead atoms. The van der Waals surface area contributed by atoms with Crippen LogP contribution in [-0.2, 0) is 4.74 Å². The van der Waals surface area contributed by atoms with Gasteiger partial charge in [-0.3, -0.25) is 4.90 Å². The number of ether oxygens (including phenoxy) is 1. The van der Waals surface area contributed by atoms with Crippen molar-refractivity contribution in [2.75, 3.05) is 7.05 Å². The van der Waals surface area contributed by atoms with Crippen LogP contribution < -0.4 is 5.73 Å². The van der Waals surface area contributed by atoms with Crippen molar-refractivity contribution < 1.29 is 22.7 Å². The molecule has 1 saturated carbocycles. The molecule has 1 unspecified atom stereocenters. The molecule has 0 spiro atoms.